The van der Waals surface area contributed by atoms with Gasteiger partial charge in [0.1, 0.15) is 0 Å². The molecule has 108 valence electrons. The zero-order valence-electron chi connectivity index (χ0n) is 11.0. The number of aromatic nitrogens is 1. The Morgan fingerprint density at radius 1 is 1.30 bits per heavy atom. The Morgan fingerprint density at radius 3 is 2.75 bits per heavy atom. The van der Waals surface area contributed by atoms with Gasteiger partial charge in [0.25, 0.3) is 0 Å². The van der Waals surface area contributed by atoms with Crippen LogP contribution < -0.4 is 10.6 Å². The van der Waals surface area contributed by atoms with Gasteiger partial charge in [-0.3, -0.25) is 10.1 Å². The van der Waals surface area contributed by atoms with E-state index >= 15 is 0 Å². The molecule has 1 heterocycles. The summed E-state index contributed by atoms with van der Waals surface area (Å²) in [6.45, 7) is 0. The number of carbonyl (C=O) groups is 2. The summed E-state index contributed by atoms with van der Waals surface area (Å²) in [5.41, 5.74) is 1.07. The van der Waals surface area contributed by atoms with Crippen molar-refractivity contribution in [1.29, 1.82) is 0 Å². The first-order valence-electron chi connectivity index (χ1n) is 6.87. The van der Waals surface area contributed by atoms with Crippen molar-refractivity contribution in [2.24, 2.45) is 5.92 Å². The average molecular weight is 295 g/mol. The third kappa shape index (κ3) is 3.09. The molecule has 2 fully saturated rings. The van der Waals surface area contributed by atoms with E-state index in [1.807, 2.05) is 5.38 Å². The first-order chi connectivity index (χ1) is 9.61. The van der Waals surface area contributed by atoms with Crippen LogP contribution in [0.1, 0.15) is 43.7 Å². The molecule has 2 aliphatic rings. The van der Waals surface area contributed by atoms with Crippen LogP contribution in [0.5, 0.6) is 0 Å². The van der Waals surface area contributed by atoms with Crippen molar-refractivity contribution >= 4 is 28.5 Å². The molecule has 1 aromatic rings. The number of rotatable bonds is 4. The molecule has 3 rings (SSSR count). The van der Waals surface area contributed by atoms with Gasteiger partial charge in [-0.2, -0.15) is 0 Å². The zero-order chi connectivity index (χ0) is 14.1. The van der Waals surface area contributed by atoms with Gasteiger partial charge >= 0.3 is 12.0 Å². The van der Waals surface area contributed by atoms with E-state index in [0.29, 0.717) is 23.9 Å². The largest absolute Gasteiger partial charge is 0.481 e. The van der Waals surface area contributed by atoms with Gasteiger partial charge in [-0.05, 0) is 32.1 Å². The number of carboxylic acids is 1. The van der Waals surface area contributed by atoms with Crippen LogP contribution in [-0.4, -0.2) is 28.1 Å². The van der Waals surface area contributed by atoms with Gasteiger partial charge in [0.2, 0.25) is 0 Å². The number of aliphatic carboxylic acids is 1. The molecule has 0 unspecified atom stereocenters. The molecule has 3 N–H and O–H groups in total. The molecule has 2 atom stereocenters. The number of nitrogens with zero attached hydrogens (tertiary/aromatic N) is 1. The van der Waals surface area contributed by atoms with Crippen molar-refractivity contribution in [3.63, 3.8) is 0 Å². The number of anilines is 1. The first-order valence-corrected chi connectivity index (χ1v) is 7.75. The Morgan fingerprint density at radius 2 is 2.10 bits per heavy atom. The summed E-state index contributed by atoms with van der Waals surface area (Å²) in [6, 6.07) is -0.350. The highest BCUT2D eigenvalue weighted by Crippen LogP contribution is 2.40. The topological polar surface area (TPSA) is 91.3 Å². The highest BCUT2D eigenvalue weighted by Gasteiger charge is 2.31. The third-order valence-electron chi connectivity index (χ3n) is 3.86. The number of thiazole rings is 1. The van der Waals surface area contributed by atoms with Crippen molar-refractivity contribution in [3.05, 3.63) is 11.1 Å². The molecule has 2 amide bonds. The Hall–Kier alpha value is -1.63. The smallest absolute Gasteiger partial charge is 0.321 e. The predicted molar refractivity (Wildman–Crippen MR) is 75.0 cm³/mol. The fourth-order valence-corrected chi connectivity index (χ4v) is 3.35. The molecule has 0 aromatic carbocycles. The lowest BCUT2D eigenvalue weighted by atomic mass is 10.1. The fraction of sp³-hybridized carbons (Fsp3) is 0.615. The zero-order valence-corrected chi connectivity index (χ0v) is 11.8. The van der Waals surface area contributed by atoms with Gasteiger partial charge in [0, 0.05) is 17.3 Å². The van der Waals surface area contributed by atoms with Gasteiger partial charge in [0.15, 0.2) is 5.13 Å². The maximum Gasteiger partial charge on any atom is 0.321 e. The number of amides is 2. The Bertz CT molecular complexity index is 527. The van der Waals surface area contributed by atoms with Crippen molar-refractivity contribution in [1.82, 2.24) is 10.3 Å². The molecule has 2 saturated carbocycles. The van der Waals surface area contributed by atoms with E-state index in [0.717, 1.165) is 12.1 Å². The fourth-order valence-electron chi connectivity index (χ4n) is 2.57. The standard InChI is InChI=1S/C13H17N3O3S/c17-11(18)8-3-4-9(5-8)14-12(19)16-13-15-10(6-20-13)7-1-2-7/h6-9H,1-5H2,(H,17,18)(H2,14,15,16,19)/t8-,9+/m1/s1. The number of carboxylic acid groups (broad SMARTS) is 1. The third-order valence-corrected chi connectivity index (χ3v) is 4.63. The lowest BCUT2D eigenvalue weighted by molar-refractivity contribution is -0.141. The number of carbonyl (C=O) groups excluding carboxylic acids is 1. The van der Waals surface area contributed by atoms with Gasteiger partial charge in [0.05, 0.1) is 11.6 Å². The van der Waals surface area contributed by atoms with Crippen molar-refractivity contribution < 1.29 is 14.7 Å². The van der Waals surface area contributed by atoms with E-state index < -0.39 is 5.97 Å². The summed E-state index contributed by atoms with van der Waals surface area (Å²) >= 11 is 1.43. The summed E-state index contributed by atoms with van der Waals surface area (Å²) in [5, 5.41) is 17.1. The van der Waals surface area contributed by atoms with Crippen LogP contribution in [0.4, 0.5) is 9.93 Å². The SMILES string of the molecule is O=C(Nc1nc(C2CC2)cs1)N[C@H]1CC[C@@H](C(=O)O)C1. The van der Waals surface area contributed by atoms with Gasteiger partial charge in [-0.15, -0.1) is 11.3 Å². The van der Waals surface area contributed by atoms with Crippen molar-refractivity contribution in [3.8, 4) is 0 Å². The summed E-state index contributed by atoms with van der Waals surface area (Å²) in [6.07, 6.45) is 4.23. The summed E-state index contributed by atoms with van der Waals surface area (Å²) in [5.74, 6) is -0.527. The maximum atomic E-state index is 11.8. The Balaban J connectivity index is 1.48. The molecule has 0 aliphatic heterocycles. The molecule has 0 bridgehead atoms. The maximum absolute atomic E-state index is 11.8. The molecule has 7 heteroatoms. The van der Waals surface area contributed by atoms with Gasteiger partial charge in [-0.1, -0.05) is 0 Å². The molecule has 1 aromatic heterocycles. The van der Waals surface area contributed by atoms with Crippen LogP contribution >= 0.6 is 11.3 Å². The highest BCUT2D eigenvalue weighted by atomic mass is 32.1. The molecular formula is C13H17N3O3S. The molecule has 6 nitrogen and oxygen atoms in total. The lowest BCUT2D eigenvalue weighted by Gasteiger charge is -2.12. The quantitative estimate of drug-likeness (QED) is 0.795. The van der Waals surface area contributed by atoms with Crippen LogP contribution in [-0.2, 0) is 4.79 Å². The summed E-state index contributed by atoms with van der Waals surface area (Å²) in [4.78, 5) is 27.1. The molecule has 0 spiro atoms. The lowest BCUT2D eigenvalue weighted by Crippen LogP contribution is -2.36. The molecule has 0 saturated heterocycles. The van der Waals surface area contributed by atoms with Crippen LogP contribution in [0.2, 0.25) is 0 Å². The van der Waals surface area contributed by atoms with Crippen LogP contribution in [0, 0.1) is 5.92 Å². The predicted octanol–water partition coefficient (Wildman–Crippen LogP) is 2.40. The minimum atomic E-state index is -0.774. The van der Waals surface area contributed by atoms with E-state index in [-0.39, 0.29) is 18.0 Å². The first kappa shape index (κ1) is 13.4. The Labute approximate surface area is 120 Å². The van der Waals surface area contributed by atoms with E-state index in [1.54, 1.807) is 0 Å². The molecular weight excluding hydrogens is 278 g/mol. The van der Waals surface area contributed by atoms with E-state index in [1.165, 1.54) is 24.2 Å². The number of hydrogen-bond donors (Lipinski definition) is 3. The number of nitrogens with one attached hydrogen (secondary N) is 2. The average Bonchev–Trinajstić information content (AvgIpc) is 2.96. The number of hydrogen-bond acceptors (Lipinski definition) is 4. The van der Waals surface area contributed by atoms with Gasteiger partial charge < -0.3 is 10.4 Å². The van der Waals surface area contributed by atoms with E-state index in [2.05, 4.69) is 15.6 Å². The minimum Gasteiger partial charge on any atom is -0.481 e. The van der Waals surface area contributed by atoms with Crippen molar-refractivity contribution in [2.45, 2.75) is 44.1 Å². The molecule has 20 heavy (non-hydrogen) atoms. The normalized spacial score (nSPS) is 25.4. The second-order valence-electron chi connectivity index (χ2n) is 5.50. The highest BCUT2D eigenvalue weighted by molar-refractivity contribution is 7.13. The second kappa shape index (κ2) is 5.40. The van der Waals surface area contributed by atoms with Crippen LogP contribution in [0.25, 0.3) is 0 Å². The Kier molecular flexibility index (Phi) is 3.60. The molecule has 2 aliphatic carbocycles. The monoisotopic (exact) mass is 295 g/mol. The van der Waals surface area contributed by atoms with E-state index in [9.17, 15) is 9.59 Å². The van der Waals surface area contributed by atoms with Crippen LogP contribution in [0.3, 0.4) is 0 Å². The summed E-state index contributed by atoms with van der Waals surface area (Å²) in [7, 11) is 0. The minimum absolute atomic E-state index is 0.0565. The summed E-state index contributed by atoms with van der Waals surface area (Å²) < 4.78 is 0. The molecule has 0 radical (unpaired) electrons. The number of urea groups is 1. The second-order valence-corrected chi connectivity index (χ2v) is 6.35. The van der Waals surface area contributed by atoms with Gasteiger partial charge in [-0.25, -0.2) is 9.78 Å². The van der Waals surface area contributed by atoms with E-state index in [4.69, 9.17) is 5.11 Å². The van der Waals surface area contributed by atoms with Crippen molar-refractivity contribution in [2.75, 3.05) is 5.32 Å². The van der Waals surface area contributed by atoms with Crippen LogP contribution in [0.15, 0.2) is 5.38 Å².